The van der Waals surface area contributed by atoms with Crippen LogP contribution in [0.1, 0.15) is 28.4 Å². The van der Waals surface area contributed by atoms with Crippen LogP contribution in [0.5, 0.6) is 0 Å². The van der Waals surface area contributed by atoms with Gasteiger partial charge in [-0.1, -0.05) is 30.0 Å². The maximum absolute atomic E-state index is 12.6. The molecule has 0 spiro atoms. The number of hydrogen-bond donors (Lipinski definition) is 1. The smallest absolute Gasteiger partial charge is 0.259 e. The molecule has 0 saturated carbocycles. The number of aromatic amines is 1. The second-order valence-corrected chi connectivity index (χ2v) is 8.97. The number of thiophene rings is 1. The summed E-state index contributed by atoms with van der Waals surface area (Å²) in [5.74, 6) is 0.677. The first-order valence-electron chi connectivity index (χ1n) is 8.72. The van der Waals surface area contributed by atoms with Crippen LogP contribution in [0.4, 0.5) is 0 Å². The normalized spacial score (nSPS) is 12.7. The minimum absolute atomic E-state index is 0.0369. The van der Waals surface area contributed by atoms with E-state index in [1.807, 2.05) is 45.0 Å². The summed E-state index contributed by atoms with van der Waals surface area (Å²) in [7, 11) is 0. The number of nitrogens with zero attached hydrogens (tertiary/aromatic N) is 3. The zero-order valence-electron chi connectivity index (χ0n) is 15.4. The third-order valence-electron chi connectivity index (χ3n) is 4.66. The van der Waals surface area contributed by atoms with Crippen molar-refractivity contribution >= 4 is 44.3 Å². The summed E-state index contributed by atoms with van der Waals surface area (Å²) >= 11 is 3.16. The molecule has 138 valence electrons. The summed E-state index contributed by atoms with van der Waals surface area (Å²) in [4.78, 5) is 27.0. The lowest BCUT2D eigenvalue weighted by Gasteiger charge is -2.11. The summed E-state index contributed by atoms with van der Waals surface area (Å²) in [6.07, 6.45) is 1.87. The highest BCUT2D eigenvalue weighted by Crippen LogP contribution is 2.35. The highest BCUT2D eigenvalue weighted by Gasteiger charge is 2.19. The fourth-order valence-electron chi connectivity index (χ4n) is 3.13. The van der Waals surface area contributed by atoms with Crippen molar-refractivity contribution < 1.29 is 0 Å². The van der Waals surface area contributed by atoms with Crippen LogP contribution >= 0.6 is 23.1 Å². The minimum atomic E-state index is -0.0658. The van der Waals surface area contributed by atoms with E-state index in [1.165, 1.54) is 0 Å². The fourth-order valence-corrected chi connectivity index (χ4v) is 5.15. The van der Waals surface area contributed by atoms with E-state index in [1.54, 1.807) is 23.1 Å². The fraction of sp³-hybridized carbons (Fsp3) is 0.250. The van der Waals surface area contributed by atoms with E-state index < -0.39 is 0 Å². The van der Waals surface area contributed by atoms with E-state index in [0.29, 0.717) is 17.8 Å². The Kier molecular flexibility index (Phi) is 4.65. The standard InChI is InChI=1S/C20H20N4OS2/c1-5-10-24-15-9-7-6-8-14(15)21-20(24)27-13(4)17-22-18(25)16-11(2)12(3)26-19(16)23-17/h5-9,13H,1,10H2,2-4H3,(H,22,23,25)/t13-/m0/s1. The number of benzene rings is 1. The zero-order chi connectivity index (χ0) is 19.1. The number of hydrogen-bond acceptors (Lipinski definition) is 5. The average molecular weight is 397 g/mol. The van der Waals surface area contributed by atoms with Crippen molar-refractivity contribution in [3.63, 3.8) is 0 Å². The first-order chi connectivity index (χ1) is 13.0. The Bertz CT molecular complexity index is 1220. The monoisotopic (exact) mass is 396 g/mol. The average Bonchev–Trinajstić information content (AvgIpc) is 3.13. The van der Waals surface area contributed by atoms with Gasteiger partial charge in [-0.05, 0) is 38.5 Å². The van der Waals surface area contributed by atoms with Crippen LogP contribution in [0.15, 0.2) is 46.9 Å². The molecule has 1 N–H and O–H groups in total. The number of rotatable bonds is 5. The molecule has 0 aliphatic heterocycles. The van der Waals surface area contributed by atoms with Crippen molar-refractivity contribution in [2.24, 2.45) is 0 Å². The van der Waals surface area contributed by atoms with Crippen LogP contribution in [-0.2, 0) is 6.54 Å². The molecule has 3 heterocycles. The van der Waals surface area contributed by atoms with Gasteiger partial charge in [-0.2, -0.15) is 0 Å². The molecule has 1 atom stereocenters. The molecule has 1 aromatic carbocycles. The second kappa shape index (κ2) is 6.98. The lowest BCUT2D eigenvalue weighted by molar-refractivity contribution is 0.744. The summed E-state index contributed by atoms with van der Waals surface area (Å²) in [5, 5.41) is 1.56. The number of thioether (sulfide) groups is 1. The van der Waals surface area contributed by atoms with Crippen molar-refractivity contribution in [1.82, 2.24) is 19.5 Å². The number of imidazole rings is 1. The van der Waals surface area contributed by atoms with Crippen molar-refractivity contribution in [3.8, 4) is 0 Å². The third-order valence-corrected chi connectivity index (χ3v) is 6.86. The largest absolute Gasteiger partial charge is 0.315 e. The Morgan fingerprint density at radius 1 is 1.33 bits per heavy atom. The molecule has 0 amide bonds. The highest BCUT2D eigenvalue weighted by molar-refractivity contribution is 7.99. The number of H-pyrrole nitrogens is 1. The van der Waals surface area contributed by atoms with Gasteiger partial charge in [-0.3, -0.25) is 4.79 Å². The van der Waals surface area contributed by atoms with Gasteiger partial charge in [0.25, 0.3) is 5.56 Å². The number of nitrogens with one attached hydrogen (secondary N) is 1. The zero-order valence-corrected chi connectivity index (χ0v) is 17.1. The third kappa shape index (κ3) is 3.11. The topological polar surface area (TPSA) is 63.6 Å². The number of aryl methyl sites for hydroxylation is 2. The van der Waals surface area contributed by atoms with Gasteiger partial charge >= 0.3 is 0 Å². The van der Waals surface area contributed by atoms with Gasteiger partial charge in [0.05, 0.1) is 21.7 Å². The summed E-state index contributed by atoms with van der Waals surface area (Å²) in [6.45, 7) is 10.6. The van der Waals surface area contributed by atoms with Crippen LogP contribution in [0.3, 0.4) is 0 Å². The van der Waals surface area contributed by atoms with Crippen molar-refractivity contribution in [1.29, 1.82) is 0 Å². The molecule has 0 saturated heterocycles. The number of aromatic nitrogens is 4. The summed E-state index contributed by atoms with van der Waals surface area (Å²) in [5.41, 5.74) is 2.98. The predicted molar refractivity (Wildman–Crippen MR) is 114 cm³/mol. The van der Waals surface area contributed by atoms with Gasteiger partial charge in [-0.15, -0.1) is 17.9 Å². The van der Waals surface area contributed by atoms with Crippen LogP contribution in [0.2, 0.25) is 0 Å². The van der Waals surface area contributed by atoms with Crippen molar-refractivity contribution in [3.05, 3.63) is 63.5 Å². The Morgan fingerprint density at radius 2 is 2.11 bits per heavy atom. The van der Waals surface area contributed by atoms with Gasteiger partial charge in [0.2, 0.25) is 0 Å². The van der Waals surface area contributed by atoms with Crippen molar-refractivity contribution in [2.45, 2.75) is 37.7 Å². The molecule has 7 heteroatoms. The molecule has 27 heavy (non-hydrogen) atoms. The van der Waals surface area contributed by atoms with Crippen molar-refractivity contribution in [2.75, 3.05) is 0 Å². The SMILES string of the molecule is C=CCn1c(S[C@@H](C)c2nc3sc(C)c(C)c3c(=O)[nH]2)nc2ccccc21. The number of allylic oxidation sites excluding steroid dienone is 1. The maximum atomic E-state index is 12.6. The van der Waals surface area contributed by atoms with E-state index in [-0.39, 0.29) is 10.8 Å². The molecule has 0 aliphatic carbocycles. The maximum Gasteiger partial charge on any atom is 0.259 e. The van der Waals surface area contributed by atoms with Crippen LogP contribution in [-0.4, -0.2) is 19.5 Å². The molecular formula is C20H20N4OS2. The quantitative estimate of drug-likeness (QED) is 0.381. The minimum Gasteiger partial charge on any atom is -0.315 e. The van der Waals surface area contributed by atoms with Crippen LogP contribution in [0.25, 0.3) is 21.3 Å². The molecule has 4 aromatic rings. The molecule has 5 nitrogen and oxygen atoms in total. The molecule has 4 rings (SSSR count). The second-order valence-electron chi connectivity index (χ2n) is 6.46. The predicted octanol–water partition coefficient (Wildman–Crippen LogP) is 4.99. The number of para-hydroxylation sites is 2. The Hall–Kier alpha value is -2.38. The van der Waals surface area contributed by atoms with E-state index in [0.717, 1.165) is 31.5 Å². The van der Waals surface area contributed by atoms with Crippen LogP contribution in [0, 0.1) is 13.8 Å². The van der Waals surface area contributed by atoms with E-state index in [4.69, 9.17) is 9.97 Å². The Balaban J connectivity index is 1.74. The van der Waals surface area contributed by atoms with Gasteiger partial charge in [-0.25, -0.2) is 9.97 Å². The first-order valence-corrected chi connectivity index (χ1v) is 10.4. The molecule has 0 radical (unpaired) electrons. The van der Waals surface area contributed by atoms with Gasteiger partial charge in [0, 0.05) is 11.4 Å². The van der Waals surface area contributed by atoms with E-state index in [9.17, 15) is 4.79 Å². The molecule has 0 bridgehead atoms. The molecule has 3 aromatic heterocycles. The van der Waals surface area contributed by atoms with Gasteiger partial charge in [0.1, 0.15) is 10.7 Å². The molecule has 0 aliphatic rings. The molecular weight excluding hydrogens is 376 g/mol. The lowest BCUT2D eigenvalue weighted by atomic mass is 10.2. The number of fused-ring (bicyclic) bond motifs is 2. The molecule has 0 fully saturated rings. The van der Waals surface area contributed by atoms with Crippen LogP contribution < -0.4 is 5.56 Å². The summed E-state index contributed by atoms with van der Waals surface area (Å²) in [6, 6.07) is 8.06. The van der Waals surface area contributed by atoms with Gasteiger partial charge in [0.15, 0.2) is 5.16 Å². The summed E-state index contributed by atoms with van der Waals surface area (Å²) < 4.78 is 2.14. The Morgan fingerprint density at radius 3 is 2.89 bits per heavy atom. The van der Waals surface area contributed by atoms with Gasteiger partial charge < -0.3 is 9.55 Å². The Labute approximate surface area is 165 Å². The van der Waals surface area contributed by atoms with E-state index in [2.05, 4.69) is 22.2 Å². The molecule has 0 unspecified atom stereocenters. The first kappa shape index (κ1) is 18.0. The van der Waals surface area contributed by atoms with E-state index >= 15 is 0 Å². The lowest BCUT2D eigenvalue weighted by Crippen LogP contribution is -2.12. The highest BCUT2D eigenvalue weighted by atomic mass is 32.2.